The molecular weight excluding hydrogens is 196 g/mol. The Bertz CT molecular complexity index is 358. The molecule has 1 fully saturated rings. The van der Waals surface area contributed by atoms with E-state index < -0.39 is 5.60 Å². The van der Waals surface area contributed by atoms with Gasteiger partial charge in [0.2, 0.25) is 0 Å². The van der Waals surface area contributed by atoms with Crippen LogP contribution in [0.5, 0.6) is 11.5 Å². The molecule has 2 rings (SSSR count). The Hall–Kier alpha value is -1.26. The van der Waals surface area contributed by atoms with Gasteiger partial charge in [-0.15, -0.1) is 0 Å². The lowest BCUT2D eigenvalue weighted by Crippen LogP contribution is -2.46. The molecule has 1 aromatic carbocycles. The topological polar surface area (TPSA) is 47.9 Å². The Morgan fingerprint density at radius 3 is 2.47 bits per heavy atom. The molecule has 0 atom stereocenters. The van der Waals surface area contributed by atoms with E-state index in [-0.39, 0.29) is 0 Å². The average molecular weight is 210 g/mol. The molecule has 15 heavy (non-hydrogen) atoms. The molecule has 1 aliphatic rings. The van der Waals surface area contributed by atoms with E-state index in [4.69, 9.17) is 14.2 Å². The van der Waals surface area contributed by atoms with Crippen LogP contribution in [0.3, 0.4) is 0 Å². The van der Waals surface area contributed by atoms with Crippen molar-refractivity contribution in [1.29, 1.82) is 0 Å². The van der Waals surface area contributed by atoms with Gasteiger partial charge < -0.3 is 19.3 Å². The normalized spacial score (nSPS) is 18.1. The zero-order valence-corrected chi connectivity index (χ0v) is 8.82. The number of aliphatic hydroxyl groups is 1. The maximum atomic E-state index is 10.2. The van der Waals surface area contributed by atoms with Crippen LogP contribution in [-0.2, 0) is 10.3 Å². The SMILES string of the molecule is COc1ccc(OC)c(C2(O)COC2)c1. The molecule has 1 heterocycles. The molecule has 0 aromatic heterocycles. The molecule has 4 nitrogen and oxygen atoms in total. The highest BCUT2D eigenvalue weighted by molar-refractivity contribution is 5.44. The Morgan fingerprint density at radius 1 is 1.27 bits per heavy atom. The molecule has 0 spiro atoms. The second-order valence-corrected chi connectivity index (χ2v) is 3.59. The molecule has 0 bridgehead atoms. The lowest BCUT2D eigenvalue weighted by atomic mass is 9.91. The Kier molecular flexibility index (Phi) is 2.54. The van der Waals surface area contributed by atoms with Gasteiger partial charge in [-0.1, -0.05) is 0 Å². The number of ether oxygens (including phenoxy) is 3. The molecule has 82 valence electrons. The molecule has 1 aliphatic heterocycles. The highest BCUT2D eigenvalue weighted by Crippen LogP contribution is 2.37. The molecule has 0 saturated carbocycles. The summed E-state index contributed by atoms with van der Waals surface area (Å²) in [6, 6.07) is 5.36. The van der Waals surface area contributed by atoms with Crippen LogP contribution in [0.1, 0.15) is 5.56 Å². The van der Waals surface area contributed by atoms with E-state index in [1.165, 1.54) is 0 Å². The average Bonchev–Trinajstić information content (AvgIpc) is 2.25. The van der Waals surface area contributed by atoms with Crippen molar-refractivity contribution < 1.29 is 19.3 Å². The molecule has 1 aromatic rings. The van der Waals surface area contributed by atoms with Crippen molar-refractivity contribution in [2.24, 2.45) is 0 Å². The number of hydrogen-bond donors (Lipinski definition) is 1. The Labute approximate surface area is 88.4 Å². The van der Waals surface area contributed by atoms with Crippen LogP contribution in [0.2, 0.25) is 0 Å². The summed E-state index contributed by atoms with van der Waals surface area (Å²) in [6.07, 6.45) is 0. The third-order valence-corrected chi connectivity index (χ3v) is 2.59. The predicted octanol–water partition coefficient (Wildman–Crippen LogP) is 0.922. The van der Waals surface area contributed by atoms with Gasteiger partial charge in [-0.25, -0.2) is 0 Å². The van der Waals surface area contributed by atoms with E-state index in [9.17, 15) is 5.11 Å². The summed E-state index contributed by atoms with van der Waals surface area (Å²) in [4.78, 5) is 0. The van der Waals surface area contributed by atoms with Crippen molar-refractivity contribution in [3.8, 4) is 11.5 Å². The van der Waals surface area contributed by atoms with Gasteiger partial charge in [0.15, 0.2) is 0 Å². The summed E-state index contributed by atoms with van der Waals surface area (Å²) in [7, 11) is 3.17. The Morgan fingerprint density at radius 2 is 2.00 bits per heavy atom. The fourth-order valence-electron chi connectivity index (χ4n) is 1.63. The van der Waals surface area contributed by atoms with Crippen LogP contribution >= 0.6 is 0 Å². The fourth-order valence-corrected chi connectivity index (χ4v) is 1.63. The zero-order chi connectivity index (χ0) is 10.9. The van der Waals surface area contributed by atoms with Gasteiger partial charge >= 0.3 is 0 Å². The van der Waals surface area contributed by atoms with Crippen LogP contribution in [-0.4, -0.2) is 32.5 Å². The summed E-state index contributed by atoms with van der Waals surface area (Å²) in [6.45, 7) is 0.604. The van der Waals surface area contributed by atoms with Crippen molar-refractivity contribution in [2.75, 3.05) is 27.4 Å². The number of benzene rings is 1. The molecule has 1 saturated heterocycles. The van der Waals surface area contributed by atoms with E-state index in [2.05, 4.69) is 0 Å². The quantitative estimate of drug-likeness (QED) is 0.806. The summed E-state index contributed by atoms with van der Waals surface area (Å²) >= 11 is 0. The number of methoxy groups -OCH3 is 2. The van der Waals surface area contributed by atoms with Gasteiger partial charge in [-0.3, -0.25) is 0 Å². The highest BCUT2D eigenvalue weighted by atomic mass is 16.5. The lowest BCUT2D eigenvalue weighted by molar-refractivity contribution is -0.185. The highest BCUT2D eigenvalue weighted by Gasteiger charge is 2.40. The van der Waals surface area contributed by atoms with Crippen molar-refractivity contribution in [3.05, 3.63) is 23.8 Å². The minimum absolute atomic E-state index is 0.302. The van der Waals surface area contributed by atoms with Gasteiger partial charge in [0, 0.05) is 5.56 Å². The summed E-state index contributed by atoms with van der Waals surface area (Å²) < 4.78 is 15.3. The zero-order valence-electron chi connectivity index (χ0n) is 8.82. The van der Waals surface area contributed by atoms with Crippen LogP contribution in [0.25, 0.3) is 0 Å². The van der Waals surface area contributed by atoms with Gasteiger partial charge in [0.25, 0.3) is 0 Å². The molecule has 4 heteroatoms. The van der Waals surface area contributed by atoms with Crippen LogP contribution in [0, 0.1) is 0 Å². The minimum Gasteiger partial charge on any atom is -0.497 e. The molecule has 0 unspecified atom stereocenters. The maximum absolute atomic E-state index is 10.2. The summed E-state index contributed by atoms with van der Waals surface area (Å²) in [5.41, 5.74) is -0.213. The number of hydrogen-bond acceptors (Lipinski definition) is 4. The lowest BCUT2D eigenvalue weighted by Gasteiger charge is -2.37. The second kappa shape index (κ2) is 3.72. The fraction of sp³-hybridized carbons (Fsp3) is 0.455. The first-order valence-electron chi connectivity index (χ1n) is 4.72. The first-order chi connectivity index (χ1) is 7.19. The van der Waals surface area contributed by atoms with E-state index in [1.807, 2.05) is 0 Å². The third-order valence-electron chi connectivity index (χ3n) is 2.59. The first-order valence-corrected chi connectivity index (χ1v) is 4.72. The maximum Gasteiger partial charge on any atom is 0.140 e. The minimum atomic E-state index is -0.931. The molecule has 1 N–H and O–H groups in total. The largest absolute Gasteiger partial charge is 0.497 e. The summed E-state index contributed by atoms with van der Waals surface area (Å²) in [5, 5.41) is 10.2. The molecule has 0 radical (unpaired) electrons. The van der Waals surface area contributed by atoms with Gasteiger partial charge in [-0.2, -0.15) is 0 Å². The summed E-state index contributed by atoms with van der Waals surface area (Å²) in [5.74, 6) is 1.35. The van der Waals surface area contributed by atoms with Crippen molar-refractivity contribution in [3.63, 3.8) is 0 Å². The molecular formula is C11H14O4. The van der Waals surface area contributed by atoms with E-state index in [0.717, 1.165) is 5.56 Å². The molecule has 0 amide bonds. The van der Waals surface area contributed by atoms with Gasteiger partial charge in [-0.05, 0) is 18.2 Å². The molecule has 0 aliphatic carbocycles. The van der Waals surface area contributed by atoms with Crippen LogP contribution < -0.4 is 9.47 Å². The Balaban J connectivity index is 2.41. The monoisotopic (exact) mass is 210 g/mol. The van der Waals surface area contributed by atoms with E-state index in [0.29, 0.717) is 24.7 Å². The van der Waals surface area contributed by atoms with Crippen molar-refractivity contribution >= 4 is 0 Å². The van der Waals surface area contributed by atoms with Crippen LogP contribution in [0.15, 0.2) is 18.2 Å². The number of rotatable bonds is 3. The second-order valence-electron chi connectivity index (χ2n) is 3.59. The van der Waals surface area contributed by atoms with Crippen molar-refractivity contribution in [1.82, 2.24) is 0 Å². The third kappa shape index (κ3) is 1.66. The predicted molar refractivity (Wildman–Crippen MR) is 54.3 cm³/mol. The van der Waals surface area contributed by atoms with Crippen LogP contribution in [0.4, 0.5) is 0 Å². The van der Waals surface area contributed by atoms with Gasteiger partial charge in [0.1, 0.15) is 17.1 Å². The van der Waals surface area contributed by atoms with E-state index >= 15 is 0 Å². The smallest absolute Gasteiger partial charge is 0.140 e. The van der Waals surface area contributed by atoms with Gasteiger partial charge in [0.05, 0.1) is 27.4 Å². The van der Waals surface area contributed by atoms with E-state index in [1.54, 1.807) is 32.4 Å². The first kappa shape index (κ1) is 10.3. The standard InChI is InChI=1S/C11H14O4/c1-13-8-3-4-10(14-2)9(5-8)11(12)6-15-7-11/h3-5,12H,6-7H2,1-2H3. The van der Waals surface area contributed by atoms with Crippen molar-refractivity contribution in [2.45, 2.75) is 5.60 Å².